The summed E-state index contributed by atoms with van der Waals surface area (Å²) in [5, 5.41) is 11.1. The third-order valence-electron chi connectivity index (χ3n) is 4.73. The summed E-state index contributed by atoms with van der Waals surface area (Å²) in [5.41, 5.74) is 2.37. The van der Waals surface area contributed by atoms with Crippen LogP contribution >= 0.6 is 0 Å². The number of aliphatic hydroxyl groups is 1. The summed E-state index contributed by atoms with van der Waals surface area (Å²) in [6.45, 7) is 3.45. The van der Waals surface area contributed by atoms with E-state index in [1.54, 1.807) is 19.1 Å². The van der Waals surface area contributed by atoms with Crippen LogP contribution in [0.5, 0.6) is 0 Å². The van der Waals surface area contributed by atoms with Crippen molar-refractivity contribution in [1.82, 2.24) is 0 Å². The Morgan fingerprint density at radius 3 is 2.18 bits per heavy atom. The zero-order valence-corrected chi connectivity index (χ0v) is 16.8. The van der Waals surface area contributed by atoms with Crippen LogP contribution in [0.15, 0.2) is 83.8 Å². The molecule has 3 rings (SSSR count). The van der Waals surface area contributed by atoms with E-state index in [-0.39, 0.29) is 17.9 Å². The molecule has 4 nitrogen and oxygen atoms in total. The molecule has 0 heterocycles. The van der Waals surface area contributed by atoms with E-state index in [1.165, 1.54) is 12.1 Å². The third-order valence-corrected chi connectivity index (χ3v) is 6.06. The van der Waals surface area contributed by atoms with Gasteiger partial charge in [-0.15, -0.1) is 0 Å². The van der Waals surface area contributed by atoms with E-state index in [1.807, 2.05) is 61.5 Å². The van der Waals surface area contributed by atoms with E-state index in [9.17, 15) is 13.5 Å². The van der Waals surface area contributed by atoms with Gasteiger partial charge in [-0.1, -0.05) is 72.3 Å². The Kier molecular flexibility index (Phi) is 5.98. The number of rotatable bonds is 7. The van der Waals surface area contributed by atoms with Gasteiger partial charge in [0, 0.05) is 6.42 Å². The topological polar surface area (TPSA) is 63.6 Å². The summed E-state index contributed by atoms with van der Waals surface area (Å²) < 4.78 is 29.9. The van der Waals surface area contributed by atoms with Gasteiger partial charge in [-0.2, -0.15) is 8.42 Å². The van der Waals surface area contributed by atoms with Crippen molar-refractivity contribution in [2.75, 3.05) is 6.61 Å². The van der Waals surface area contributed by atoms with Gasteiger partial charge in [-0.3, -0.25) is 4.18 Å². The van der Waals surface area contributed by atoms with Crippen LogP contribution in [0.25, 0.3) is 11.1 Å². The van der Waals surface area contributed by atoms with Gasteiger partial charge in [-0.25, -0.2) is 0 Å². The first-order chi connectivity index (χ1) is 13.3. The number of aryl methyl sites for hydroxylation is 1. The average molecular weight is 397 g/mol. The predicted molar refractivity (Wildman–Crippen MR) is 110 cm³/mol. The van der Waals surface area contributed by atoms with Gasteiger partial charge in [0.2, 0.25) is 0 Å². The van der Waals surface area contributed by atoms with Crippen molar-refractivity contribution in [3.8, 4) is 11.1 Å². The van der Waals surface area contributed by atoms with E-state index in [0.29, 0.717) is 0 Å². The Balaban J connectivity index is 1.75. The molecular formula is C23H24O4S. The molecule has 0 aromatic heterocycles. The molecule has 0 fully saturated rings. The summed E-state index contributed by atoms with van der Waals surface area (Å²) in [6, 6.07) is 23.9. The molecule has 146 valence electrons. The molecule has 1 N–H and O–H groups in total. The van der Waals surface area contributed by atoms with Crippen molar-refractivity contribution in [3.63, 3.8) is 0 Å². The van der Waals surface area contributed by atoms with Gasteiger partial charge in [0.1, 0.15) is 0 Å². The lowest BCUT2D eigenvalue weighted by Gasteiger charge is -2.26. The Bertz CT molecular complexity index is 1020. The van der Waals surface area contributed by atoms with Gasteiger partial charge in [0.25, 0.3) is 10.1 Å². The lowest BCUT2D eigenvalue weighted by atomic mass is 9.86. The van der Waals surface area contributed by atoms with E-state index in [0.717, 1.165) is 22.3 Å². The molecule has 0 amide bonds. The van der Waals surface area contributed by atoms with E-state index in [4.69, 9.17) is 4.18 Å². The minimum absolute atomic E-state index is 0.113. The average Bonchev–Trinajstić information content (AvgIpc) is 2.69. The zero-order valence-electron chi connectivity index (χ0n) is 16.0. The van der Waals surface area contributed by atoms with Gasteiger partial charge in [-0.05, 0) is 42.7 Å². The molecule has 28 heavy (non-hydrogen) atoms. The Morgan fingerprint density at radius 1 is 0.893 bits per heavy atom. The Morgan fingerprint density at radius 2 is 1.50 bits per heavy atom. The second kappa shape index (κ2) is 8.27. The third kappa shape index (κ3) is 4.68. The van der Waals surface area contributed by atoms with Gasteiger partial charge in [0.05, 0.1) is 17.1 Å². The standard InChI is InChI=1S/C23H24O4S/c1-18-12-14-20(15-13-18)28(25,26)27-17-16-23(2,24)22-11-7-6-10-21(22)19-8-4-3-5-9-19/h3-15,24H,16-17H2,1-2H3. The first-order valence-electron chi connectivity index (χ1n) is 9.13. The second-order valence-corrected chi connectivity index (χ2v) is 8.64. The van der Waals surface area contributed by atoms with Crippen molar-refractivity contribution in [1.29, 1.82) is 0 Å². The molecule has 1 unspecified atom stereocenters. The largest absolute Gasteiger partial charge is 0.385 e. The lowest BCUT2D eigenvalue weighted by molar-refractivity contribution is 0.0349. The monoisotopic (exact) mass is 396 g/mol. The molecule has 0 radical (unpaired) electrons. The fourth-order valence-electron chi connectivity index (χ4n) is 3.08. The second-order valence-electron chi connectivity index (χ2n) is 7.02. The van der Waals surface area contributed by atoms with Crippen LogP contribution in [0.2, 0.25) is 0 Å². The summed E-state index contributed by atoms with van der Waals surface area (Å²) in [6.07, 6.45) is 0.141. The molecule has 0 saturated carbocycles. The van der Waals surface area contributed by atoms with Gasteiger partial charge < -0.3 is 5.11 Å². The van der Waals surface area contributed by atoms with Crippen LogP contribution in [-0.2, 0) is 19.9 Å². The molecule has 0 aliphatic carbocycles. The quantitative estimate of drug-likeness (QED) is 0.590. The molecule has 5 heteroatoms. The minimum atomic E-state index is -3.86. The Labute approximate surface area is 166 Å². The van der Waals surface area contributed by atoms with Crippen LogP contribution in [-0.4, -0.2) is 20.1 Å². The number of benzene rings is 3. The van der Waals surface area contributed by atoms with Crippen molar-refractivity contribution in [3.05, 3.63) is 90.0 Å². The van der Waals surface area contributed by atoms with Crippen molar-refractivity contribution in [2.24, 2.45) is 0 Å². The molecule has 0 spiro atoms. The van der Waals surface area contributed by atoms with E-state index < -0.39 is 15.7 Å². The molecule has 3 aromatic rings. The first kappa shape index (κ1) is 20.3. The van der Waals surface area contributed by atoms with Crippen LogP contribution < -0.4 is 0 Å². The highest BCUT2D eigenvalue weighted by Gasteiger charge is 2.27. The lowest BCUT2D eigenvalue weighted by Crippen LogP contribution is -2.25. The smallest absolute Gasteiger partial charge is 0.296 e. The van der Waals surface area contributed by atoms with Gasteiger partial charge in [0.15, 0.2) is 0 Å². The van der Waals surface area contributed by atoms with Crippen LogP contribution in [0, 0.1) is 6.92 Å². The fourth-order valence-corrected chi connectivity index (χ4v) is 3.99. The normalized spacial score (nSPS) is 13.8. The maximum Gasteiger partial charge on any atom is 0.296 e. The maximum atomic E-state index is 12.4. The Hall–Kier alpha value is -2.47. The molecule has 0 aliphatic rings. The fraction of sp³-hybridized carbons (Fsp3) is 0.217. The summed E-state index contributed by atoms with van der Waals surface area (Å²) in [5.74, 6) is 0. The zero-order chi connectivity index (χ0) is 20.2. The summed E-state index contributed by atoms with van der Waals surface area (Å²) >= 11 is 0. The highest BCUT2D eigenvalue weighted by molar-refractivity contribution is 7.86. The first-order valence-corrected chi connectivity index (χ1v) is 10.5. The van der Waals surface area contributed by atoms with E-state index >= 15 is 0 Å². The predicted octanol–water partition coefficient (Wildman–Crippen LogP) is 4.67. The van der Waals surface area contributed by atoms with E-state index in [2.05, 4.69) is 0 Å². The van der Waals surface area contributed by atoms with Crippen molar-refractivity contribution >= 4 is 10.1 Å². The van der Waals surface area contributed by atoms with Gasteiger partial charge >= 0.3 is 0 Å². The molecule has 0 saturated heterocycles. The number of hydrogen-bond acceptors (Lipinski definition) is 4. The molecular weight excluding hydrogens is 372 g/mol. The van der Waals surface area contributed by atoms with Crippen LogP contribution in [0.1, 0.15) is 24.5 Å². The molecule has 1 atom stereocenters. The molecule has 0 aliphatic heterocycles. The minimum Gasteiger partial charge on any atom is -0.385 e. The highest BCUT2D eigenvalue weighted by Crippen LogP contribution is 2.34. The highest BCUT2D eigenvalue weighted by atomic mass is 32.2. The molecule has 0 bridgehead atoms. The summed E-state index contributed by atoms with van der Waals surface area (Å²) in [7, 11) is -3.86. The SMILES string of the molecule is Cc1ccc(S(=O)(=O)OCCC(C)(O)c2ccccc2-c2ccccc2)cc1. The summed E-state index contributed by atoms with van der Waals surface area (Å²) in [4.78, 5) is 0.113. The number of hydrogen-bond donors (Lipinski definition) is 1. The maximum absolute atomic E-state index is 12.4. The van der Waals surface area contributed by atoms with Crippen LogP contribution in [0.4, 0.5) is 0 Å². The van der Waals surface area contributed by atoms with Crippen molar-refractivity contribution in [2.45, 2.75) is 30.8 Å². The van der Waals surface area contributed by atoms with Crippen molar-refractivity contribution < 1.29 is 17.7 Å². The molecule has 3 aromatic carbocycles. The van der Waals surface area contributed by atoms with Crippen LogP contribution in [0.3, 0.4) is 0 Å².